The van der Waals surface area contributed by atoms with Gasteiger partial charge in [0.2, 0.25) is 0 Å². The van der Waals surface area contributed by atoms with Crippen LogP contribution in [0.5, 0.6) is 0 Å². The SMILES string of the molecule is N#Cc1ccccc1Cn1cc(/C=C2/SC(=Nc3ccc(F)cc3)NC2=O)c2ccccc21. The maximum absolute atomic E-state index is 13.1. The molecule has 1 aliphatic rings. The van der Waals surface area contributed by atoms with Gasteiger partial charge in [-0.05, 0) is 59.8 Å². The molecule has 1 N–H and O–H groups in total. The first-order valence-electron chi connectivity index (χ1n) is 10.2. The van der Waals surface area contributed by atoms with Gasteiger partial charge in [-0.1, -0.05) is 36.4 Å². The predicted molar refractivity (Wildman–Crippen MR) is 129 cm³/mol. The van der Waals surface area contributed by atoms with E-state index in [1.807, 2.05) is 60.8 Å². The number of aliphatic imine (C=N–C) groups is 1. The van der Waals surface area contributed by atoms with Crippen molar-refractivity contribution in [1.82, 2.24) is 9.88 Å². The van der Waals surface area contributed by atoms with Crippen molar-refractivity contribution in [3.05, 3.63) is 106 Å². The molecule has 1 fully saturated rings. The molecule has 3 aromatic carbocycles. The fourth-order valence-electron chi connectivity index (χ4n) is 3.73. The first-order chi connectivity index (χ1) is 16.1. The predicted octanol–water partition coefficient (Wildman–Crippen LogP) is 5.59. The van der Waals surface area contributed by atoms with Crippen LogP contribution in [0.25, 0.3) is 17.0 Å². The summed E-state index contributed by atoms with van der Waals surface area (Å²) in [6, 6.07) is 23.5. The minimum atomic E-state index is -0.337. The average Bonchev–Trinajstić information content (AvgIpc) is 3.35. The van der Waals surface area contributed by atoms with Gasteiger partial charge in [0.1, 0.15) is 5.82 Å². The summed E-state index contributed by atoms with van der Waals surface area (Å²) in [6.45, 7) is 0.546. The average molecular weight is 453 g/mol. The van der Waals surface area contributed by atoms with Crippen molar-refractivity contribution < 1.29 is 9.18 Å². The quantitative estimate of drug-likeness (QED) is 0.410. The summed E-state index contributed by atoms with van der Waals surface area (Å²) in [5, 5.41) is 13.7. The highest BCUT2D eigenvalue weighted by molar-refractivity contribution is 8.18. The highest BCUT2D eigenvalue weighted by Crippen LogP contribution is 2.31. The van der Waals surface area contributed by atoms with Gasteiger partial charge in [0, 0.05) is 29.2 Å². The Bertz CT molecular complexity index is 1480. The van der Waals surface area contributed by atoms with E-state index in [4.69, 9.17) is 0 Å². The van der Waals surface area contributed by atoms with Crippen LogP contribution in [0, 0.1) is 17.1 Å². The Morgan fingerprint density at radius 2 is 1.82 bits per heavy atom. The highest BCUT2D eigenvalue weighted by atomic mass is 32.2. The zero-order valence-electron chi connectivity index (χ0n) is 17.3. The fourth-order valence-corrected chi connectivity index (χ4v) is 4.56. The first-order valence-corrected chi connectivity index (χ1v) is 11.0. The van der Waals surface area contributed by atoms with E-state index in [-0.39, 0.29) is 11.7 Å². The first kappa shape index (κ1) is 20.7. The summed E-state index contributed by atoms with van der Waals surface area (Å²) in [5.74, 6) is -0.566. The van der Waals surface area contributed by atoms with Gasteiger partial charge in [0.25, 0.3) is 5.91 Å². The third kappa shape index (κ3) is 4.29. The van der Waals surface area contributed by atoms with Gasteiger partial charge in [-0.25, -0.2) is 9.38 Å². The number of aromatic nitrogens is 1. The molecular formula is C26H17FN4OS. The van der Waals surface area contributed by atoms with Gasteiger partial charge in [0.05, 0.1) is 22.2 Å². The molecule has 0 radical (unpaired) electrons. The number of nitriles is 1. The summed E-state index contributed by atoms with van der Waals surface area (Å²) >= 11 is 1.24. The lowest BCUT2D eigenvalue weighted by Crippen LogP contribution is -2.19. The molecule has 5 rings (SSSR count). The Kier molecular flexibility index (Phi) is 5.51. The van der Waals surface area contributed by atoms with Crippen molar-refractivity contribution >= 4 is 45.5 Å². The number of benzene rings is 3. The van der Waals surface area contributed by atoms with E-state index in [0.29, 0.717) is 27.9 Å². The highest BCUT2D eigenvalue weighted by Gasteiger charge is 2.24. The molecule has 0 saturated carbocycles. The molecule has 0 aliphatic carbocycles. The van der Waals surface area contributed by atoms with Crippen LogP contribution in [-0.4, -0.2) is 15.6 Å². The lowest BCUT2D eigenvalue weighted by molar-refractivity contribution is -0.115. The number of nitrogens with one attached hydrogen (secondary N) is 1. The minimum absolute atomic E-state index is 0.229. The molecule has 0 unspecified atom stereocenters. The molecule has 1 saturated heterocycles. The number of hydrogen-bond acceptors (Lipinski definition) is 4. The zero-order valence-corrected chi connectivity index (χ0v) is 18.1. The van der Waals surface area contributed by atoms with E-state index in [1.54, 1.807) is 12.1 Å². The standard InChI is InChI=1S/C26H17FN4OS/c27-20-9-11-21(12-10-20)29-26-30-25(32)24(33-26)13-19-16-31(23-8-4-3-7-22(19)23)15-18-6-2-1-5-17(18)14-28/h1-13,16H,15H2,(H,29,30,32)/b24-13+. The van der Waals surface area contributed by atoms with Gasteiger partial charge in [-0.3, -0.25) is 4.79 Å². The Labute approximate surface area is 193 Å². The third-order valence-corrected chi connectivity index (χ3v) is 6.20. The van der Waals surface area contributed by atoms with Gasteiger partial charge in [0.15, 0.2) is 5.17 Å². The Hall–Kier alpha value is -4.15. The van der Waals surface area contributed by atoms with Gasteiger partial charge >= 0.3 is 0 Å². The number of thioether (sulfide) groups is 1. The van der Waals surface area contributed by atoms with Gasteiger partial charge in [-0.15, -0.1) is 0 Å². The van der Waals surface area contributed by atoms with Crippen molar-refractivity contribution in [3.8, 4) is 6.07 Å². The number of amidine groups is 1. The van der Waals surface area contributed by atoms with E-state index in [9.17, 15) is 14.4 Å². The smallest absolute Gasteiger partial charge is 0.264 e. The Morgan fingerprint density at radius 3 is 2.64 bits per heavy atom. The number of fused-ring (bicyclic) bond motifs is 1. The molecule has 1 aliphatic heterocycles. The van der Waals surface area contributed by atoms with Crippen molar-refractivity contribution in [1.29, 1.82) is 5.26 Å². The molecule has 1 amide bonds. The van der Waals surface area contributed by atoms with E-state index in [1.165, 1.54) is 23.9 Å². The Morgan fingerprint density at radius 1 is 1.06 bits per heavy atom. The van der Waals surface area contributed by atoms with Crippen LogP contribution in [-0.2, 0) is 11.3 Å². The number of hydrogen-bond donors (Lipinski definition) is 1. The number of carbonyl (C=O) groups is 1. The molecule has 5 nitrogen and oxygen atoms in total. The molecular weight excluding hydrogens is 435 g/mol. The summed E-state index contributed by atoms with van der Waals surface area (Å²) in [6.07, 6.45) is 3.84. The number of halogens is 1. The summed E-state index contributed by atoms with van der Waals surface area (Å²) < 4.78 is 15.2. The van der Waals surface area contributed by atoms with Crippen molar-refractivity contribution in [2.75, 3.05) is 0 Å². The second-order valence-corrected chi connectivity index (χ2v) is 8.49. The molecule has 160 valence electrons. The second-order valence-electron chi connectivity index (χ2n) is 7.46. The summed E-state index contributed by atoms with van der Waals surface area (Å²) in [5.41, 5.74) is 4.05. The third-order valence-electron chi connectivity index (χ3n) is 5.29. The van der Waals surface area contributed by atoms with Crippen LogP contribution >= 0.6 is 11.8 Å². The lowest BCUT2D eigenvalue weighted by atomic mass is 10.1. The Balaban J connectivity index is 1.48. The molecule has 0 bridgehead atoms. The minimum Gasteiger partial charge on any atom is -0.342 e. The van der Waals surface area contributed by atoms with Crippen molar-refractivity contribution in [2.24, 2.45) is 4.99 Å². The molecule has 0 spiro atoms. The molecule has 7 heteroatoms. The largest absolute Gasteiger partial charge is 0.342 e. The second kappa shape index (κ2) is 8.77. The van der Waals surface area contributed by atoms with Crippen molar-refractivity contribution in [2.45, 2.75) is 6.54 Å². The molecule has 2 heterocycles. The maximum atomic E-state index is 13.1. The van der Waals surface area contributed by atoms with Crippen LogP contribution in [0.3, 0.4) is 0 Å². The van der Waals surface area contributed by atoms with Crippen LogP contribution < -0.4 is 5.32 Å². The lowest BCUT2D eigenvalue weighted by Gasteiger charge is -2.07. The van der Waals surface area contributed by atoms with Gasteiger partial charge in [-0.2, -0.15) is 5.26 Å². The van der Waals surface area contributed by atoms with Crippen LogP contribution in [0.2, 0.25) is 0 Å². The van der Waals surface area contributed by atoms with Gasteiger partial charge < -0.3 is 9.88 Å². The number of nitrogens with zero attached hydrogens (tertiary/aromatic N) is 3. The van der Waals surface area contributed by atoms with Crippen molar-refractivity contribution in [3.63, 3.8) is 0 Å². The number of rotatable bonds is 4. The number of amides is 1. The molecule has 4 aromatic rings. The normalized spacial score (nSPS) is 15.8. The summed E-state index contributed by atoms with van der Waals surface area (Å²) in [4.78, 5) is 17.5. The number of para-hydroxylation sites is 1. The fraction of sp³-hybridized carbons (Fsp3) is 0.0385. The number of carbonyl (C=O) groups excluding carboxylic acids is 1. The van der Waals surface area contributed by atoms with E-state index in [2.05, 4.69) is 20.9 Å². The molecule has 33 heavy (non-hydrogen) atoms. The monoisotopic (exact) mass is 452 g/mol. The maximum Gasteiger partial charge on any atom is 0.264 e. The van der Waals surface area contributed by atoms with E-state index in [0.717, 1.165) is 22.0 Å². The summed E-state index contributed by atoms with van der Waals surface area (Å²) in [7, 11) is 0. The molecule has 1 aromatic heterocycles. The van der Waals surface area contributed by atoms with Crippen LogP contribution in [0.4, 0.5) is 10.1 Å². The van der Waals surface area contributed by atoms with Crippen LogP contribution in [0.15, 0.2) is 88.9 Å². The molecule has 0 atom stereocenters. The zero-order chi connectivity index (χ0) is 22.8. The van der Waals surface area contributed by atoms with E-state index >= 15 is 0 Å². The van der Waals surface area contributed by atoms with Crippen LogP contribution in [0.1, 0.15) is 16.7 Å². The topological polar surface area (TPSA) is 70.2 Å². The van der Waals surface area contributed by atoms with E-state index < -0.39 is 0 Å².